The molecule has 5 rings (SSSR count). The van der Waals surface area contributed by atoms with Crippen LogP contribution in [0.5, 0.6) is 0 Å². The molecule has 0 atom stereocenters. The average Bonchev–Trinajstić information content (AvgIpc) is 2.96. The van der Waals surface area contributed by atoms with Crippen molar-refractivity contribution in [3.63, 3.8) is 0 Å². The van der Waals surface area contributed by atoms with Gasteiger partial charge in [0.25, 0.3) is 0 Å². The summed E-state index contributed by atoms with van der Waals surface area (Å²) >= 11 is 0. The van der Waals surface area contributed by atoms with E-state index in [1.165, 1.54) is 44.5 Å². The summed E-state index contributed by atoms with van der Waals surface area (Å²) in [5.74, 6) is 0. The van der Waals surface area contributed by atoms with Crippen LogP contribution in [0, 0.1) is 0 Å². The number of benzene rings is 4. The smallest absolute Gasteiger partial charge is 0.0158 e. The van der Waals surface area contributed by atoms with Gasteiger partial charge in [-0.3, -0.25) is 0 Å². The summed E-state index contributed by atoms with van der Waals surface area (Å²) in [6.45, 7) is 4.65. The molecule has 0 saturated heterocycles. The van der Waals surface area contributed by atoms with Crippen molar-refractivity contribution in [3.8, 4) is 33.4 Å². The van der Waals surface area contributed by atoms with Gasteiger partial charge in [-0.25, -0.2) is 0 Å². The van der Waals surface area contributed by atoms with E-state index >= 15 is 0 Å². The number of fused-ring (bicyclic) bond motifs is 3. The van der Waals surface area contributed by atoms with Gasteiger partial charge < -0.3 is 0 Å². The fourth-order valence-electron chi connectivity index (χ4n) is 4.39. The fourth-order valence-corrected chi connectivity index (χ4v) is 4.39. The van der Waals surface area contributed by atoms with E-state index < -0.39 is 0 Å². The van der Waals surface area contributed by atoms with Crippen molar-refractivity contribution in [3.05, 3.63) is 108 Å². The lowest BCUT2D eigenvalue weighted by atomic mass is 9.82. The summed E-state index contributed by atoms with van der Waals surface area (Å²) in [5, 5.41) is 0. The number of rotatable bonds is 2. The molecule has 0 aromatic heterocycles. The highest BCUT2D eigenvalue weighted by molar-refractivity contribution is 5.84. The molecule has 0 nitrogen and oxygen atoms in total. The lowest BCUT2D eigenvalue weighted by Crippen LogP contribution is -2.14. The summed E-state index contributed by atoms with van der Waals surface area (Å²) in [6.07, 6.45) is 0. The maximum absolute atomic E-state index is 2.36. The van der Waals surface area contributed by atoms with Gasteiger partial charge in [0.15, 0.2) is 0 Å². The molecule has 0 aliphatic heterocycles. The first-order valence-corrected chi connectivity index (χ1v) is 9.55. The first-order valence-electron chi connectivity index (χ1n) is 9.55. The SMILES string of the molecule is CC1(C)c2ccccc2-c2cc(-c3ccc(-c4ccccc4)cc3)ccc21. The van der Waals surface area contributed by atoms with E-state index in [1.807, 2.05) is 0 Å². The molecular weight excluding hydrogens is 324 g/mol. The van der Waals surface area contributed by atoms with Crippen LogP contribution >= 0.6 is 0 Å². The molecule has 4 aromatic rings. The topological polar surface area (TPSA) is 0 Å². The largest absolute Gasteiger partial charge is 0.0622 e. The molecule has 0 heterocycles. The lowest BCUT2D eigenvalue weighted by Gasteiger charge is -2.21. The second-order valence-electron chi connectivity index (χ2n) is 7.87. The van der Waals surface area contributed by atoms with Gasteiger partial charge in [0.1, 0.15) is 0 Å². The highest BCUT2D eigenvalue weighted by atomic mass is 14.4. The lowest BCUT2D eigenvalue weighted by molar-refractivity contribution is 0.660. The van der Waals surface area contributed by atoms with Crippen LogP contribution in [0.3, 0.4) is 0 Å². The van der Waals surface area contributed by atoms with E-state index in [4.69, 9.17) is 0 Å². The van der Waals surface area contributed by atoms with Crippen LogP contribution in [0.4, 0.5) is 0 Å². The molecule has 0 unspecified atom stereocenters. The third kappa shape index (κ3) is 2.52. The fraction of sp³-hybridized carbons (Fsp3) is 0.111. The zero-order chi connectivity index (χ0) is 18.4. The van der Waals surface area contributed by atoms with Crippen molar-refractivity contribution < 1.29 is 0 Å². The Hall–Kier alpha value is -3.12. The molecule has 0 saturated carbocycles. The highest BCUT2D eigenvalue weighted by Crippen LogP contribution is 2.49. The molecular formula is C27H22. The van der Waals surface area contributed by atoms with Crippen LogP contribution in [0.15, 0.2) is 97.1 Å². The third-order valence-corrected chi connectivity index (χ3v) is 5.91. The molecule has 0 amide bonds. The molecule has 0 N–H and O–H groups in total. The van der Waals surface area contributed by atoms with Gasteiger partial charge in [-0.05, 0) is 50.6 Å². The Balaban J connectivity index is 1.57. The zero-order valence-electron chi connectivity index (χ0n) is 15.7. The monoisotopic (exact) mass is 346 g/mol. The minimum Gasteiger partial charge on any atom is -0.0622 e. The van der Waals surface area contributed by atoms with Gasteiger partial charge in [-0.15, -0.1) is 0 Å². The van der Waals surface area contributed by atoms with E-state index in [0.717, 1.165) is 0 Å². The van der Waals surface area contributed by atoms with Crippen LogP contribution in [0.25, 0.3) is 33.4 Å². The molecule has 0 bridgehead atoms. The van der Waals surface area contributed by atoms with Crippen molar-refractivity contribution in [2.75, 3.05) is 0 Å². The van der Waals surface area contributed by atoms with Crippen LogP contribution < -0.4 is 0 Å². The second kappa shape index (κ2) is 5.96. The third-order valence-electron chi connectivity index (χ3n) is 5.91. The standard InChI is InChI=1S/C27H22/c1-27(2)25-11-7-6-10-23(25)24-18-22(16-17-26(24)27)21-14-12-20(13-15-21)19-8-4-3-5-9-19/h3-18H,1-2H3. The van der Waals surface area contributed by atoms with E-state index in [-0.39, 0.29) is 5.41 Å². The maximum Gasteiger partial charge on any atom is 0.0158 e. The highest BCUT2D eigenvalue weighted by Gasteiger charge is 2.34. The molecule has 0 heteroatoms. The van der Waals surface area contributed by atoms with Crippen LogP contribution in [0.1, 0.15) is 25.0 Å². The van der Waals surface area contributed by atoms with Crippen molar-refractivity contribution in [2.24, 2.45) is 0 Å². The van der Waals surface area contributed by atoms with Crippen molar-refractivity contribution in [2.45, 2.75) is 19.3 Å². The Kier molecular flexibility index (Phi) is 3.55. The van der Waals surface area contributed by atoms with Gasteiger partial charge in [-0.1, -0.05) is 105 Å². The number of hydrogen-bond acceptors (Lipinski definition) is 0. The summed E-state index contributed by atoms with van der Waals surface area (Å²) in [4.78, 5) is 0. The van der Waals surface area contributed by atoms with E-state index in [1.54, 1.807) is 0 Å². The van der Waals surface area contributed by atoms with Crippen molar-refractivity contribution >= 4 is 0 Å². The molecule has 1 aliphatic rings. The summed E-state index contributed by atoms with van der Waals surface area (Å²) < 4.78 is 0. The van der Waals surface area contributed by atoms with Gasteiger partial charge in [-0.2, -0.15) is 0 Å². The van der Waals surface area contributed by atoms with E-state index in [0.29, 0.717) is 0 Å². The summed E-state index contributed by atoms with van der Waals surface area (Å²) in [5.41, 5.74) is 10.7. The molecule has 1 aliphatic carbocycles. The Morgan fingerprint density at radius 3 is 1.70 bits per heavy atom. The molecule has 27 heavy (non-hydrogen) atoms. The maximum atomic E-state index is 2.36. The first-order chi connectivity index (χ1) is 13.1. The average molecular weight is 346 g/mol. The van der Waals surface area contributed by atoms with Gasteiger partial charge in [0.05, 0.1) is 0 Å². The normalized spacial score (nSPS) is 13.9. The second-order valence-corrected chi connectivity index (χ2v) is 7.87. The summed E-state index contributed by atoms with van der Waals surface area (Å²) in [7, 11) is 0. The van der Waals surface area contributed by atoms with E-state index in [2.05, 4.69) is 111 Å². The predicted octanol–water partition coefficient (Wildman–Crippen LogP) is 7.33. The quantitative estimate of drug-likeness (QED) is 0.356. The number of hydrogen-bond donors (Lipinski definition) is 0. The Morgan fingerprint density at radius 1 is 0.444 bits per heavy atom. The Labute approximate surface area is 161 Å². The van der Waals surface area contributed by atoms with Crippen molar-refractivity contribution in [1.29, 1.82) is 0 Å². The minimum absolute atomic E-state index is 0.0711. The summed E-state index contributed by atoms with van der Waals surface area (Å²) in [6, 6.07) is 35.2. The molecule has 0 spiro atoms. The van der Waals surface area contributed by atoms with Crippen LogP contribution in [0.2, 0.25) is 0 Å². The molecule has 0 fully saturated rings. The van der Waals surface area contributed by atoms with Crippen LogP contribution in [-0.2, 0) is 5.41 Å². The molecule has 130 valence electrons. The molecule has 0 radical (unpaired) electrons. The van der Waals surface area contributed by atoms with E-state index in [9.17, 15) is 0 Å². The first kappa shape index (κ1) is 16.1. The predicted molar refractivity (Wildman–Crippen MR) is 115 cm³/mol. The zero-order valence-corrected chi connectivity index (χ0v) is 15.7. The van der Waals surface area contributed by atoms with Crippen LogP contribution in [-0.4, -0.2) is 0 Å². The Morgan fingerprint density at radius 2 is 0.963 bits per heavy atom. The Bertz CT molecular complexity index is 1120. The minimum atomic E-state index is 0.0711. The van der Waals surface area contributed by atoms with Gasteiger partial charge >= 0.3 is 0 Å². The van der Waals surface area contributed by atoms with Gasteiger partial charge in [0.2, 0.25) is 0 Å². The van der Waals surface area contributed by atoms with Gasteiger partial charge in [0, 0.05) is 5.41 Å². The van der Waals surface area contributed by atoms with Crippen molar-refractivity contribution in [1.82, 2.24) is 0 Å². The molecule has 4 aromatic carbocycles.